The fourth-order valence-corrected chi connectivity index (χ4v) is 3.20. The van der Waals surface area contributed by atoms with E-state index in [-0.39, 0.29) is 5.91 Å². The lowest BCUT2D eigenvalue weighted by Gasteiger charge is -2.09. The predicted molar refractivity (Wildman–Crippen MR) is 73.5 cm³/mol. The van der Waals surface area contributed by atoms with Crippen molar-refractivity contribution in [3.8, 4) is 0 Å². The minimum Gasteiger partial charge on any atom is -0.311 e. The van der Waals surface area contributed by atoms with E-state index in [2.05, 4.69) is 25.8 Å². The summed E-state index contributed by atoms with van der Waals surface area (Å²) in [5, 5.41) is 13.7. The van der Waals surface area contributed by atoms with Gasteiger partial charge in [0, 0.05) is 30.1 Å². The van der Waals surface area contributed by atoms with Crippen molar-refractivity contribution in [1.82, 2.24) is 20.5 Å². The Kier molecular flexibility index (Phi) is 3.08. The zero-order valence-corrected chi connectivity index (χ0v) is 11.6. The maximum atomic E-state index is 12.2. The molecule has 0 radical (unpaired) electrons. The van der Waals surface area contributed by atoms with Gasteiger partial charge in [-0.15, -0.1) is 11.3 Å². The van der Waals surface area contributed by atoms with E-state index in [1.165, 1.54) is 16.2 Å². The molecule has 1 aliphatic heterocycles. The predicted octanol–water partition coefficient (Wildman–Crippen LogP) is 1.38. The van der Waals surface area contributed by atoms with Crippen LogP contribution in [0, 0.1) is 13.8 Å². The topological polar surface area (TPSA) is 82.7 Å². The summed E-state index contributed by atoms with van der Waals surface area (Å²) in [5.41, 5.74) is 3.18. The molecule has 0 saturated heterocycles. The van der Waals surface area contributed by atoms with E-state index < -0.39 is 0 Å². The summed E-state index contributed by atoms with van der Waals surface area (Å²) in [5.74, 6) is -0.150. The number of aromatic nitrogens is 3. The largest absolute Gasteiger partial charge is 0.311 e. The van der Waals surface area contributed by atoms with Crippen LogP contribution in [0.25, 0.3) is 0 Å². The van der Waals surface area contributed by atoms with Crippen molar-refractivity contribution in [2.45, 2.75) is 26.8 Å². The summed E-state index contributed by atoms with van der Waals surface area (Å²) in [6.45, 7) is 5.44. The Balaban J connectivity index is 1.82. The molecule has 3 N–H and O–H groups in total. The summed E-state index contributed by atoms with van der Waals surface area (Å²) >= 11 is 1.54. The number of carbonyl (C=O) groups is 1. The third kappa shape index (κ3) is 2.26. The van der Waals surface area contributed by atoms with Gasteiger partial charge >= 0.3 is 0 Å². The van der Waals surface area contributed by atoms with Gasteiger partial charge in [-0.1, -0.05) is 0 Å². The number of hydrogen-bond donors (Lipinski definition) is 3. The van der Waals surface area contributed by atoms with E-state index in [0.717, 1.165) is 30.9 Å². The molecule has 2 aromatic rings. The van der Waals surface area contributed by atoms with Crippen LogP contribution in [0.15, 0.2) is 0 Å². The van der Waals surface area contributed by atoms with E-state index in [0.29, 0.717) is 16.4 Å². The highest BCUT2D eigenvalue weighted by molar-refractivity contribution is 7.15. The number of nitrogens with zero attached hydrogens (tertiary/aromatic N) is 2. The maximum Gasteiger partial charge on any atom is 0.261 e. The average molecular weight is 277 g/mol. The Morgan fingerprint density at radius 2 is 2.26 bits per heavy atom. The molecule has 0 aromatic carbocycles. The molecule has 0 unspecified atom stereocenters. The maximum absolute atomic E-state index is 12.2. The number of carbonyl (C=O) groups excluding carboxylic acids is 1. The molecule has 100 valence electrons. The number of aromatic amines is 1. The van der Waals surface area contributed by atoms with Crippen LogP contribution in [0.3, 0.4) is 0 Å². The van der Waals surface area contributed by atoms with E-state index in [4.69, 9.17) is 0 Å². The number of fused-ring (bicyclic) bond motifs is 1. The smallest absolute Gasteiger partial charge is 0.261 e. The van der Waals surface area contributed by atoms with Gasteiger partial charge in [0.05, 0.1) is 17.0 Å². The van der Waals surface area contributed by atoms with Crippen LogP contribution in [0.2, 0.25) is 0 Å². The Morgan fingerprint density at radius 3 is 2.95 bits per heavy atom. The fourth-order valence-electron chi connectivity index (χ4n) is 2.22. The third-order valence-electron chi connectivity index (χ3n) is 3.18. The molecule has 3 heterocycles. The zero-order chi connectivity index (χ0) is 13.4. The Labute approximate surface area is 114 Å². The normalized spacial score (nSPS) is 14.2. The lowest BCUT2D eigenvalue weighted by atomic mass is 10.2. The standard InChI is InChI=1S/C12H15N5OS/c1-6-10(7(2)17-16-6)11(18)15-12-14-8-3-4-13-5-9(8)19-12/h13H,3-5H2,1-2H3,(H,16,17)(H,14,15,18). The van der Waals surface area contributed by atoms with Gasteiger partial charge in [-0.3, -0.25) is 15.2 Å². The Bertz CT molecular complexity index is 587. The molecule has 7 heteroatoms. The van der Waals surface area contributed by atoms with Crippen molar-refractivity contribution >= 4 is 22.4 Å². The van der Waals surface area contributed by atoms with Gasteiger partial charge < -0.3 is 5.32 Å². The quantitative estimate of drug-likeness (QED) is 0.774. The molecule has 0 spiro atoms. The first-order chi connectivity index (χ1) is 9.15. The molecule has 0 saturated carbocycles. The second-order valence-electron chi connectivity index (χ2n) is 4.58. The number of thiazole rings is 1. The number of nitrogens with one attached hydrogen (secondary N) is 3. The molecule has 1 aliphatic rings. The fraction of sp³-hybridized carbons (Fsp3) is 0.417. The minimum absolute atomic E-state index is 0.150. The van der Waals surface area contributed by atoms with Crippen LogP contribution in [-0.4, -0.2) is 27.6 Å². The van der Waals surface area contributed by atoms with Crippen LogP contribution in [-0.2, 0) is 13.0 Å². The lowest BCUT2D eigenvalue weighted by molar-refractivity contribution is 0.102. The van der Waals surface area contributed by atoms with Crippen LogP contribution >= 0.6 is 11.3 Å². The second kappa shape index (κ2) is 4.75. The van der Waals surface area contributed by atoms with Crippen molar-refractivity contribution in [2.24, 2.45) is 0 Å². The molecule has 19 heavy (non-hydrogen) atoms. The van der Waals surface area contributed by atoms with Crippen LogP contribution in [0.1, 0.15) is 32.3 Å². The van der Waals surface area contributed by atoms with E-state index in [9.17, 15) is 4.79 Å². The number of anilines is 1. The molecule has 0 aliphatic carbocycles. The van der Waals surface area contributed by atoms with Gasteiger partial charge in [0.2, 0.25) is 0 Å². The van der Waals surface area contributed by atoms with Gasteiger partial charge in [-0.05, 0) is 13.8 Å². The van der Waals surface area contributed by atoms with Crippen LogP contribution in [0.4, 0.5) is 5.13 Å². The molecule has 1 amide bonds. The second-order valence-corrected chi connectivity index (χ2v) is 5.66. The SMILES string of the molecule is Cc1n[nH]c(C)c1C(=O)Nc1nc2c(s1)CNCC2. The first kappa shape index (κ1) is 12.3. The molecule has 2 aromatic heterocycles. The monoisotopic (exact) mass is 277 g/mol. The number of H-pyrrole nitrogens is 1. The minimum atomic E-state index is -0.150. The number of amides is 1. The third-order valence-corrected chi connectivity index (χ3v) is 4.19. The van der Waals surface area contributed by atoms with Crippen molar-refractivity contribution < 1.29 is 4.79 Å². The highest BCUT2D eigenvalue weighted by atomic mass is 32.1. The van der Waals surface area contributed by atoms with Crippen molar-refractivity contribution in [3.63, 3.8) is 0 Å². The number of aryl methyl sites for hydroxylation is 2. The van der Waals surface area contributed by atoms with E-state index >= 15 is 0 Å². The summed E-state index contributed by atoms with van der Waals surface area (Å²) < 4.78 is 0. The number of hydrogen-bond acceptors (Lipinski definition) is 5. The van der Waals surface area contributed by atoms with Crippen molar-refractivity contribution in [2.75, 3.05) is 11.9 Å². The molecular formula is C12H15N5OS. The van der Waals surface area contributed by atoms with Gasteiger partial charge in [-0.25, -0.2) is 4.98 Å². The van der Waals surface area contributed by atoms with Gasteiger partial charge in [-0.2, -0.15) is 5.10 Å². The Hall–Kier alpha value is -1.73. The highest BCUT2D eigenvalue weighted by Crippen LogP contribution is 2.26. The summed E-state index contributed by atoms with van der Waals surface area (Å²) in [6, 6.07) is 0. The Morgan fingerprint density at radius 1 is 1.42 bits per heavy atom. The molecule has 0 atom stereocenters. The average Bonchev–Trinajstić information content (AvgIpc) is 2.92. The summed E-state index contributed by atoms with van der Waals surface area (Å²) in [4.78, 5) is 17.9. The van der Waals surface area contributed by atoms with Gasteiger partial charge in [0.15, 0.2) is 5.13 Å². The van der Waals surface area contributed by atoms with E-state index in [1.807, 2.05) is 13.8 Å². The van der Waals surface area contributed by atoms with Crippen LogP contribution < -0.4 is 10.6 Å². The molecule has 0 fully saturated rings. The van der Waals surface area contributed by atoms with Crippen LogP contribution in [0.5, 0.6) is 0 Å². The number of rotatable bonds is 2. The van der Waals surface area contributed by atoms with Gasteiger partial charge in [0.1, 0.15) is 0 Å². The van der Waals surface area contributed by atoms with E-state index in [1.54, 1.807) is 0 Å². The zero-order valence-electron chi connectivity index (χ0n) is 10.8. The molecule has 0 bridgehead atoms. The molecular weight excluding hydrogens is 262 g/mol. The first-order valence-electron chi connectivity index (χ1n) is 6.17. The first-order valence-corrected chi connectivity index (χ1v) is 6.99. The summed E-state index contributed by atoms with van der Waals surface area (Å²) in [6.07, 6.45) is 0.922. The summed E-state index contributed by atoms with van der Waals surface area (Å²) in [7, 11) is 0. The lowest BCUT2D eigenvalue weighted by Crippen LogP contribution is -2.22. The molecule has 3 rings (SSSR count). The molecule has 6 nitrogen and oxygen atoms in total. The van der Waals surface area contributed by atoms with Gasteiger partial charge in [0.25, 0.3) is 5.91 Å². The highest BCUT2D eigenvalue weighted by Gasteiger charge is 2.19. The van der Waals surface area contributed by atoms with Crippen molar-refractivity contribution in [3.05, 3.63) is 27.5 Å². The van der Waals surface area contributed by atoms with Crippen molar-refractivity contribution in [1.29, 1.82) is 0 Å².